The first-order chi connectivity index (χ1) is 12.0. The maximum absolute atomic E-state index is 13.3. The molecule has 1 atom stereocenters. The number of nitrogen functional groups attached to an aromatic ring is 1. The lowest BCUT2D eigenvalue weighted by molar-refractivity contribution is -0.134. The standard InChI is InChI=1S/C20H24N4O/c1-20(2)9-7-15(14-5-3-4-6-16(14)20)19(25)24-10-8-17-13(12-24)11-18(21)23-22-17/h3-6,11,15H,7-10,12H2,1-2H3,(H2,21,23)/t15-/m0/s1. The number of hydrogen-bond acceptors (Lipinski definition) is 4. The minimum absolute atomic E-state index is 0.0436. The van der Waals surface area contributed by atoms with Gasteiger partial charge in [-0.15, -0.1) is 5.10 Å². The molecule has 2 aromatic rings. The molecule has 1 aromatic heterocycles. The molecule has 1 aliphatic carbocycles. The molecule has 0 saturated heterocycles. The monoisotopic (exact) mass is 336 g/mol. The number of nitrogens with two attached hydrogens (primary N) is 1. The first-order valence-electron chi connectivity index (χ1n) is 8.95. The number of rotatable bonds is 1. The predicted octanol–water partition coefficient (Wildman–Crippen LogP) is 2.80. The average Bonchev–Trinajstić information content (AvgIpc) is 2.61. The summed E-state index contributed by atoms with van der Waals surface area (Å²) >= 11 is 0. The molecule has 1 amide bonds. The van der Waals surface area contributed by atoms with Crippen LogP contribution in [-0.4, -0.2) is 27.5 Å². The van der Waals surface area contributed by atoms with Crippen molar-refractivity contribution in [2.45, 2.75) is 51.0 Å². The maximum atomic E-state index is 13.3. The Bertz CT molecular complexity index is 830. The zero-order valence-electron chi connectivity index (χ0n) is 14.8. The molecule has 0 fully saturated rings. The Morgan fingerprint density at radius 2 is 2.08 bits per heavy atom. The van der Waals surface area contributed by atoms with Gasteiger partial charge in [0.2, 0.25) is 5.91 Å². The van der Waals surface area contributed by atoms with Crippen LogP contribution in [0.5, 0.6) is 0 Å². The number of hydrogen-bond donors (Lipinski definition) is 1. The summed E-state index contributed by atoms with van der Waals surface area (Å²) in [6.45, 7) is 5.82. The summed E-state index contributed by atoms with van der Waals surface area (Å²) in [5.41, 5.74) is 10.4. The van der Waals surface area contributed by atoms with Crippen molar-refractivity contribution in [3.8, 4) is 0 Å². The van der Waals surface area contributed by atoms with Gasteiger partial charge in [0.15, 0.2) is 0 Å². The number of aromatic nitrogens is 2. The Morgan fingerprint density at radius 1 is 1.28 bits per heavy atom. The molecule has 1 aromatic carbocycles. The fourth-order valence-electron chi connectivity index (χ4n) is 4.22. The Labute approximate surface area is 148 Å². The fourth-order valence-corrected chi connectivity index (χ4v) is 4.22. The van der Waals surface area contributed by atoms with Crippen LogP contribution in [0.25, 0.3) is 0 Å². The van der Waals surface area contributed by atoms with Gasteiger partial charge < -0.3 is 10.6 Å². The van der Waals surface area contributed by atoms with E-state index in [1.54, 1.807) is 0 Å². The Balaban J connectivity index is 1.62. The molecule has 5 heteroatoms. The van der Waals surface area contributed by atoms with Crippen molar-refractivity contribution in [1.82, 2.24) is 15.1 Å². The van der Waals surface area contributed by atoms with Crippen LogP contribution in [0.4, 0.5) is 5.82 Å². The van der Waals surface area contributed by atoms with Crippen molar-refractivity contribution >= 4 is 11.7 Å². The molecule has 0 unspecified atom stereocenters. The molecule has 2 heterocycles. The highest BCUT2D eigenvalue weighted by molar-refractivity contribution is 5.85. The summed E-state index contributed by atoms with van der Waals surface area (Å²) in [6.07, 6.45) is 2.68. The van der Waals surface area contributed by atoms with Crippen LogP contribution in [0.1, 0.15) is 55.0 Å². The van der Waals surface area contributed by atoms with E-state index in [2.05, 4.69) is 42.2 Å². The van der Waals surface area contributed by atoms with E-state index in [9.17, 15) is 4.79 Å². The summed E-state index contributed by atoms with van der Waals surface area (Å²) in [5, 5.41) is 8.09. The van der Waals surface area contributed by atoms with Crippen molar-refractivity contribution in [1.29, 1.82) is 0 Å². The van der Waals surface area contributed by atoms with Crippen molar-refractivity contribution in [2.75, 3.05) is 12.3 Å². The van der Waals surface area contributed by atoms with E-state index in [1.165, 1.54) is 11.1 Å². The highest BCUT2D eigenvalue weighted by atomic mass is 16.2. The van der Waals surface area contributed by atoms with Crippen LogP contribution in [0.2, 0.25) is 0 Å². The third kappa shape index (κ3) is 2.77. The molecule has 2 N–H and O–H groups in total. The lowest BCUT2D eigenvalue weighted by Gasteiger charge is -2.39. The number of fused-ring (bicyclic) bond motifs is 2. The normalized spacial score (nSPS) is 21.4. The van der Waals surface area contributed by atoms with E-state index in [1.807, 2.05) is 17.0 Å². The zero-order valence-corrected chi connectivity index (χ0v) is 14.8. The maximum Gasteiger partial charge on any atom is 0.230 e. The fraction of sp³-hybridized carbons (Fsp3) is 0.450. The molecule has 0 bridgehead atoms. The quantitative estimate of drug-likeness (QED) is 0.869. The first-order valence-corrected chi connectivity index (χ1v) is 8.95. The van der Waals surface area contributed by atoms with Crippen molar-refractivity contribution in [2.24, 2.45) is 0 Å². The Hall–Kier alpha value is -2.43. The van der Waals surface area contributed by atoms with Crippen molar-refractivity contribution < 1.29 is 4.79 Å². The van der Waals surface area contributed by atoms with E-state index >= 15 is 0 Å². The molecular formula is C20H24N4O. The van der Waals surface area contributed by atoms with Gasteiger partial charge in [-0.05, 0) is 41.0 Å². The number of anilines is 1. The van der Waals surface area contributed by atoms with Crippen LogP contribution in [0.15, 0.2) is 30.3 Å². The highest BCUT2D eigenvalue weighted by Gasteiger charge is 2.37. The Morgan fingerprint density at radius 3 is 2.92 bits per heavy atom. The number of carbonyl (C=O) groups excluding carboxylic acids is 1. The van der Waals surface area contributed by atoms with E-state index in [0.717, 1.165) is 30.5 Å². The predicted molar refractivity (Wildman–Crippen MR) is 97.0 cm³/mol. The van der Waals surface area contributed by atoms with Gasteiger partial charge in [-0.2, -0.15) is 5.10 Å². The second-order valence-electron chi connectivity index (χ2n) is 7.81. The SMILES string of the molecule is CC1(C)CC[C@H](C(=O)N2CCc3nnc(N)cc3C2)c2ccccc21. The minimum atomic E-state index is -0.0436. The summed E-state index contributed by atoms with van der Waals surface area (Å²) in [7, 11) is 0. The second kappa shape index (κ2) is 5.83. The largest absolute Gasteiger partial charge is 0.382 e. The van der Waals surface area contributed by atoms with Crippen LogP contribution < -0.4 is 5.73 Å². The summed E-state index contributed by atoms with van der Waals surface area (Å²) in [6, 6.07) is 10.3. The average molecular weight is 336 g/mol. The number of amides is 1. The molecule has 0 spiro atoms. The molecule has 4 rings (SSSR count). The van der Waals surface area contributed by atoms with E-state index < -0.39 is 0 Å². The van der Waals surface area contributed by atoms with E-state index in [4.69, 9.17) is 5.73 Å². The molecule has 0 radical (unpaired) electrons. The van der Waals surface area contributed by atoms with Gasteiger partial charge in [0.05, 0.1) is 11.6 Å². The summed E-state index contributed by atoms with van der Waals surface area (Å²) in [5.74, 6) is 0.597. The third-order valence-electron chi connectivity index (χ3n) is 5.69. The van der Waals surface area contributed by atoms with Crippen molar-refractivity contribution in [3.63, 3.8) is 0 Å². The van der Waals surface area contributed by atoms with Gasteiger partial charge >= 0.3 is 0 Å². The van der Waals surface area contributed by atoms with Gasteiger partial charge in [0.25, 0.3) is 0 Å². The van der Waals surface area contributed by atoms with Crippen molar-refractivity contribution in [3.05, 3.63) is 52.7 Å². The molecule has 130 valence electrons. The topological polar surface area (TPSA) is 72.1 Å². The van der Waals surface area contributed by atoms with E-state index in [0.29, 0.717) is 18.9 Å². The molecule has 1 aliphatic heterocycles. The van der Waals surface area contributed by atoms with Gasteiger partial charge in [-0.1, -0.05) is 38.1 Å². The van der Waals surface area contributed by atoms with Crippen LogP contribution in [0.3, 0.4) is 0 Å². The molecular weight excluding hydrogens is 312 g/mol. The van der Waals surface area contributed by atoms with Gasteiger partial charge in [0.1, 0.15) is 5.82 Å². The molecule has 5 nitrogen and oxygen atoms in total. The summed E-state index contributed by atoms with van der Waals surface area (Å²) < 4.78 is 0. The van der Waals surface area contributed by atoms with Crippen LogP contribution in [0, 0.1) is 0 Å². The van der Waals surface area contributed by atoms with Crippen LogP contribution in [-0.2, 0) is 23.2 Å². The van der Waals surface area contributed by atoms with Gasteiger partial charge in [-0.3, -0.25) is 4.79 Å². The first kappa shape index (κ1) is 16.1. The van der Waals surface area contributed by atoms with Crippen LogP contribution >= 0.6 is 0 Å². The minimum Gasteiger partial charge on any atom is -0.382 e. The number of carbonyl (C=O) groups is 1. The number of benzene rings is 1. The van der Waals surface area contributed by atoms with E-state index in [-0.39, 0.29) is 17.2 Å². The molecule has 2 aliphatic rings. The highest BCUT2D eigenvalue weighted by Crippen LogP contribution is 2.43. The molecule has 0 saturated carbocycles. The third-order valence-corrected chi connectivity index (χ3v) is 5.69. The zero-order chi connectivity index (χ0) is 17.6. The van der Waals surface area contributed by atoms with Gasteiger partial charge in [-0.25, -0.2) is 0 Å². The van der Waals surface area contributed by atoms with Gasteiger partial charge in [0, 0.05) is 19.5 Å². The lowest BCUT2D eigenvalue weighted by atomic mass is 9.68. The lowest BCUT2D eigenvalue weighted by Crippen LogP contribution is -2.41. The Kier molecular flexibility index (Phi) is 3.74. The summed E-state index contributed by atoms with van der Waals surface area (Å²) in [4.78, 5) is 15.2. The number of nitrogens with zero attached hydrogens (tertiary/aromatic N) is 3. The smallest absolute Gasteiger partial charge is 0.230 e. The second-order valence-corrected chi connectivity index (χ2v) is 7.81. The molecule has 25 heavy (non-hydrogen) atoms.